The maximum atomic E-state index is 12.0. The minimum atomic E-state index is -0.744. The van der Waals surface area contributed by atoms with E-state index < -0.39 is 6.10 Å². The Morgan fingerprint density at radius 2 is 1.96 bits per heavy atom. The maximum absolute atomic E-state index is 12.0. The van der Waals surface area contributed by atoms with Gasteiger partial charge in [-0.05, 0) is 30.7 Å². The van der Waals surface area contributed by atoms with Crippen LogP contribution in [0, 0.1) is 0 Å². The number of esters is 1. The number of hydrogen-bond donors (Lipinski definition) is 2. The number of carbonyl (C=O) groups excluding carboxylic acids is 2. The molecule has 0 heterocycles. The SMILES string of the molecule is CCCOC(=O)c1ccc(NC(=O)N(C)CC(O)COC)cc1. The van der Waals surface area contributed by atoms with Gasteiger partial charge in [-0.1, -0.05) is 6.92 Å². The average Bonchev–Trinajstić information content (AvgIpc) is 2.53. The largest absolute Gasteiger partial charge is 0.462 e. The molecular formula is C16H24N2O5. The molecule has 0 bridgehead atoms. The van der Waals surface area contributed by atoms with E-state index in [1.54, 1.807) is 31.3 Å². The van der Waals surface area contributed by atoms with E-state index in [2.05, 4.69) is 5.32 Å². The number of methoxy groups -OCH3 is 1. The minimum Gasteiger partial charge on any atom is -0.462 e. The summed E-state index contributed by atoms with van der Waals surface area (Å²) in [6.45, 7) is 2.62. The fourth-order valence-corrected chi connectivity index (χ4v) is 1.83. The molecule has 1 atom stereocenters. The molecule has 0 saturated heterocycles. The van der Waals surface area contributed by atoms with E-state index in [0.717, 1.165) is 6.42 Å². The van der Waals surface area contributed by atoms with E-state index in [4.69, 9.17) is 9.47 Å². The molecule has 1 aromatic carbocycles. The Morgan fingerprint density at radius 3 is 2.52 bits per heavy atom. The lowest BCUT2D eigenvalue weighted by atomic mass is 10.2. The van der Waals surface area contributed by atoms with Gasteiger partial charge >= 0.3 is 12.0 Å². The molecule has 1 unspecified atom stereocenters. The van der Waals surface area contributed by atoms with Crippen LogP contribution in [0.4, 0.5) is 10.5 Å². The summed E-state index contributed by atoms with van der Waals surface area (Å²) in [5.41, 5.74) is 0.982. The molecule has 2 amide bonds. The molecule has 0 saturated carbocycles. The quantitative estimate of drug-likeness (QED) is 0.711. The highest BCUT2D eigenvalue weighted by Gasteiger charge is 2.14. The second kappa shape index (κ2) is 9.81. The number of rotatable bonds is 8. The second-order valence-corrected chi connectivity index (χ2v) is 5.13. The molecule has 7 nitrogen and oxygen atoms in total. The molecule has 0 aliphatic carbocycles. The summed E-state index contributed by atoms with van der Waals surface area (Å²) in [5, 5.41) is 12.3. The molecule has 0 fully saturated rings. The van der Waals surface area contributed by atoms with Crippen molar-refractivity contribution in [3.05, 3.63) is 29.8 Å². The fourth-order valence-electron chi connectivity index (χ4n) is 1.83. The Labute approximate surface area is 136 Å². The van der Waals surface area contributed by atoms with Crippen molar-refractivity contribution < 1.29 is 24.2 Å². The van der Waals surface area contributed by atoms with Crippen molar-refractivity contribution in [3.63, 3.8) is 0 Å². The summed E-state index contributed by atoms with van der Waals surface area (Å²) in [6, 6.07) is 6.07. The summed E-state index contributed by atoms with van der Waals surface area (Å²) < 4.78 is 9.84. The first-order chi connectivity index (χ1) is 11.0. The van der Waals surface area contributed by atoms with E-state index in [1.165, 1.54) is 12.0 Å². The molecule has 1 aromatic rings. The van der Waals surface area contributed by atoms with Crippen LogP contribution in [0.2, 0.25) is 0 Å². The normalized spacial score (nSPS) is 11.7. The first-order valence-corrected chi connectivity index (χ1v) is 7.44. The molecule has 1 rings (SSSR count). The lowest BCUT2D eigenvalue weighted by Crippen LogP contribution is -2.38. The van der Waals surface area contributed by atoms with Gasteiger partial charge in [0.05, 0.1) is 31.4 Å². The number of ether oxygens (including phenoxy) is 2. The molecule has 0 spiro atoms. The number of nitrogens with zero attached hydrogens (tertiary/aromatic N) is 1. The minimum absolute atomic E-state index is 0.154. The Balaban J connectivity index is 2.53. The third-order valence-corrected chi connectivity index (χ3v) is 3.00. The second-order valence-electron chi connectivity index (χ2n) is 5.13. The van der Waals surface area contributed by atoms with Crippen LogP contribution in [-0.2, 0) is 9.47 Å². The first-order valence-electron chi connectivity index (χ1n) is 7.44. The number of carbonyl (C=O) groups is 2. The van der Waals surface area contributed by atoms with Crippen molar-refractivity contribution >= 4 is 17.7 Å². The average molecular weight is 324 g/mol. The van der Waals surface area contributed by atoms with Crippen LogP contribution in [0.1, 0.15) is 23.7 Å². The molecule has 0 aromatic heterocycles. The summed E-state index contributed by atoms with van der Waals surface area (Å²) >= 11 is 0. The van der Waals surface area contributed by atoms with Crippen LogP contribution in [-0.4, -0.2) is 62.0 Å². The van der Waals surface area contributed by atoms with Gasteiger partial charge in [0.1, 0.15) is 0 Å². The van der Waals surface area contributed by atoms with E-state index in [1.807, 2.05) is 6.92 Å². The Kier molecular flexibility index (Phi) is 8.07. The summed E-state index contributed by atoms with van der Waals surface area (Å²) in [4.78, 5) is 25.0. The summed E-state index contributed by atoms with van der Waals surface area (Å²) in [7, 11) is 3.06. The highest BCUT2D eigenvalue weighted by Crippen LogP contribution is 2.11. The van der Waals surface area contributed by atoms with Crippen LogP contribution < -0.4 is 5.32 Å². The zero-order chi connectivity index (χ0) is 17.2. The van der Waals surface area contributed by atoms with Crippen LogP contribution in [0.25, 0.3) is 0 Å². The standard InChI is InChI=1S/C16H24N2O5/c1-4-9-23-15(20)12-5-7-13(8-6-12)17-16(21)18(2)10-14(19)11-22-3/h5-8,14,19H,4,9-11H2,1-3H3,(H,17,21). The van der Waals surface area contributed by atoms with E-state index in [9.17, 15) is 14.7 Å². The molecule has 0 aliphatic rings. The molecule has 0 radical (unpaired) electrons. The van der Waals surface area contributed by atoms with Crippen LogP contribution >= 0.6 is 0 Å². The smallest absolute Gasteiger partial charge is 0.338 e. The zero-order valence-corrected chi connectivity index (χ0v) is 13.7. The van der Waals surface area contributed by atoms with E-state index in [0.29, 0.717) is 17.9 Å². The van der Waals surface area contributed by atoms with Crippen LogP contribution in [0.3, 0.4) is 0 Å². The third-order valence-electron chi connectivity index (χ3n) is 3.00. The highest BCUT2D eigenvalue weighted by molar-refractivity contribution is 5.92. The van der Waals surface area contributed by atoms with Crippen molar-refractivity contribution in [1.29, 1.82) is 0 Å². The number of aliphatic hydroxyl groups excluding tert-OH is 1. The summed E-state index contributed by atoms with van der Waals surface area (Å²) in [6.07, 6.45) is 0.0210. The van der Waals surface area contributed by atoms with Gasteiger partial charge in [-0.2, -0.15) is 0 Å². The Bertz CT molecular complexity index is 504. The van der Waals surface area contributed by atoms with E-state index >= 15 is 0 Å². The van der Waals surface area contributed by atoms with Crippen molar-refractivity contribution in [1.82, 2.24) is 4.90 Å². The number of nitrogens with one attached hydrogen (secondary N) is 1. The van der Waals surface area contributed by atoms with Gasteiger partial charge in [-0.25, -0.2) is 9.59 Å². The van der Waals surface area contributed by atoms with Gasteiger partial charge in [-0.15, -0.1) is 0 Å². The fraction of sp³-hybridized carbons (Fsp3) is 0.500. The van der Waals surface area contributed by atoms with Gasteiger partial charge in [0, 0.05) is 19.8 Å². The predicted molar refractivity (Wildman–Crippen MR) is 86.5 cm³/mol. The van der Waals surface area contributed by atoms with Crippen molar-refractivity contribution in [2.45, 2.75) is 19.4 Å². The van der Waals surface area contributed by atoms with Crippen LogP contribution in [0.5, 0.6) is 0 Å². The summed E-state index contributed by atoms with van der Waals surface area (Å²) in [5.74, 6) is -0.385. The Hall–Kier alpha value is -2.12. The van der Waals surface area contributed by atoms with Gasteiger partial charge in [-0.3, -0.25) is 0 Å². The van der Waals surface area contributed by atoms with Gasteiger partial charge in [0.25, 0.3) is 0 Å². The number of urea groups is 1. The zero-order valence-electron chi connectivity index (χ0n) is 13.7. The maximum Gasteiger partial charge on any atom is 0.338 e. The molecule has 128 valence electrons. The van der Waals surface area contributed by atoms with Crippen molar-refractivity contribution in [3.8, 4) is 0 Å². The number of anilines is 1. The van der Waals surface area contributed by atoms with Gasteiger partial charge in [0.15, 0.2) is 0 Å². The number of aliphatic hydroxyl groups is 1. The number of benzene rings is 1. The Morgan fingerprint density at radius 1 is 1.30 bits per heavy atom. The predicted octanol–water partition coefficient (Wildman–Crippen LogP) is 1.72. The molecule has 0 aliphatic heterocycles. The molecule has 23 heavy (non-hydrogen) atoms. The first kappa shape index (κ1) is 18.9. The molecule has 7 heteroatoms. The lowest BCUT2D eigenvalue weighted by molar-refractivity contribution is 0.0500. The van der Waals surface area contributed by atoms with Crippen molar-refractivity contribution in [2.75, 3.05) is 39.2 Å². The lowest BCUT2D eigenvalue weighted by Gasteiger charge is -2.21. The van der Waals surface area contributed by atoms with Crippen molar-refractivity contribution in [2.24, 2.45) is 0 Å². The number of hydrogen-bond acceptors (Lipinski definition) is 5. The topological polar surface area (TPSA) is 88.1 Å². The van der Waals surface area contributed by atoms with Gasteiger partial charge < -0.3 is 24.8 Å². The number of likely N-dealkylation sites (N-methyl/N-ethyl adjacent to an activating group) is 1. The molecule has 2 N–H and O–H groups in total. The monoisotopic (exact) mass is 324 g/mol. The van der Waals surface area contributed by atoms with Gasteiger partial charge in [0.2, 0.25) is 0 Å². The third kappa shape index (κ3) is 6.66. The van der Waals surface area contributed by atoms with Crippen LogP contribution in [0.15, 0.2) is 24.3 Å². The van der Waals surface area contributed by atoms with E-state index in [-0.39, 0.29) is 25.2 Å². The number of amides is 2. The molecular weight excluding hydrogens is 300 g/mol. The highest BCUT2D eigenvalue weighted by atomic mass is 16.5.